The fourth-order valence-electron chi connectivity index (χ4n) is 3.66. The molecule has 0 saturated heterocycles. The summed E-state index contributed by atoms with van der Waals surface area (Å²) >= 11 is 1.65. The van der Waals surface area contributed by atoms with E-state index < -0.39 is 0 Å². The lowest BCUT2D eigenvalue weighted by atomic mass is 10.0. The number of nitrogens with zero attached hydrogens (tertiary/aromatic N) is 3. The van der Waals surface area contributed by atoms with Crippen LogP contribution in [0.2, 0.25) is 0 Å². The van der Waals surface area contributed by atoms with Gasteiger partial charge in [-0.1, -0.05) is 26.0 Å². The Kier molecular flexibility index (Phi) is 7.29. The van der Waals surface area contributed by atoms with Crippen LogP contribution in [-0.4, -0.2) is 46.9 Å². The van der Waals surface area contributed by atoms with E-state index in [0.29, 0.717) is 6.54 Å². The molecular formula is C23H30N4O2S. The van der Waals surface area contributed by atoms with Crippen LogP contribution < -0.4 is 10.1 Å². The predicted octanol–water partition coefficient (Wildman–Crippen LogP) is 4.23. The summed E-state index contributed by atoms with van der Waals surface area (Å²) in [6.45, 7) is 10.6. The van der Waals surface area contributed by atoms with Crippen LogP contribution in [0.5, 0.6) is 5.75 Å². The first-order chi connectivity index (χ1) is 14.5. The van der Waals surface area contributed by atoms with Crippen molar-refractivity contribution in [3.8, 4) is 5.75 Å². The summed E-state index contributed by atoms with van der Waals surface area (Å²) in [6, 6.07) is 8.12. The first-order valence-electron chi connectivity index (χ1n) is 10.3. The summed E-state index contributed by atoms with van der Waals surface area (Å²) in [4.78, 5) is 21.6. The minimum atomic E-state index is -0.114. The van der Waals surface area contributed by atoms with Gasteiger partial charge in [0, 0.05) is 23.7 Å². The van der Waals surface area contributed by atoms with E-state index in [1.54, 1.807) is 24.5 Å². The quantitative estimate of drug-likeness (QED) is 0.520. The number of imidazole rings is 1. The minimum absolute atomic E-state index is 0.0791. The predicted molar refractivity (Wildman–Crippen MR) is 123 cm³/mol. The number of likely N-dealkylation sites (N-methyl/N-ethyl adjacent to an activating group) is 1. The lowest BCUT2D eigenvalue weighted by Crippen LogP contribution is -2.37. The Bertz CT molecular complexity index is 1030. The molecule has 2 aromatic heterocycles. The summed E-state index contributed by atoms with van der Waals surface area (Å²) in [5.74, 6) is 0.707. The van der Waals surface area contributed by atoms with E-state index in [2.05, 4.69) is 48.2 Å². The zero-order valence-corrected chi connectivity index (χ0v) is 19.1. The highest BCUT2D eigenvalue weighted by Gasteiger charge is 2.19. The molecular weight excluding hydrogens is 396 g/mol. The summed E-state index contributed by atoms with van der Waals surface area (Å²) in [5.41, 5.74) is 2.99. The summed E-state index contributed by atoms with van der Waals surface area (Å²) in [6.07, 6.45) is 5.49. The molecule has 2 heterocycles. The van der Waals surface area contributed by atoms with Crippen molar-refractivity contribution in [2.75, 3.05) is 26.7 Å². The first-order valence-corrected chi connectivity index (χ1v) is 11.1. The molecule has 0 radical (unpaired) electrons. The zero-order valence-electron chi connectivity index (χ0n) is 18.3. The molecule has 0 bridgehead atoms. The molecule has 160 valence electrons. The highest BCUT2D eigenvalue weighted by atomic mass is 32.1. The van der Waals surface area contributed by atoms with Gasteiger partial charge in [0.2, 0.25) is 5.91 Å². The Hall–Kier alpha value is -2.64. The number of hydrogen-bond acceptors (Lipinski definition) is 5. The number of benzene rings is 1. The van der Waals surface area contributed by atoms with Crippen molar-refractivity contribution in [2.24, 2.45) is 0 Å². The molecule has 0 aliphatic carbocycles. The Morgan fingerprint density at radius 2 is 2.10 bits per heavy atom. The number of amides is 1. The van der Waals surface area contributed by atoms with Gasteiger partial charge < -0.3 is 10.1 Å². The van der Waals surface area contributed by atoms with Crippen molar-refractivity contribution in [2.45, 2.75) is 33.7 Å². The summed E-state index contributed by atoms with van der Waals surface area (Å²) < 4.78 is 7.42. The van der Waals surface area contributed by atoms with Crippen LogP contribution in [0.15, 0.2) is 36.5 Å². The van der Waals surface area contributed by atoms with Gasteiger partial charge in [0.1, 0.15) is 5.75 Å². The van der Waals surface area contributed by atoms with Gasteiger partial charge in [-0.2, -0.15) is 0 Å². The summed E-state index contributed by atoms with van der Waals surface area (Å²) in [7, 11) is 1.67. The second kappa shape index (κ2) is 9.91. The van der Waals surface area contributed by atoms with Crippen LogP contribution in [0.3, 0.4) is 0 Å². The van der Waals surface area contributed by atoms with E-state index in [4.69, 9.17) is 4.74 Å². The maximum Gasteiger partial charge on any atom is 0.244 e. The lowest BCUT2D eigenvalue weighted by Gasteiger charge is -2.30. The minimum Gasteiger partial charge on any atom is -0.497 e. The van der Waals surface area contributed by atoms with Gasteiger partial charge in [-0.25, -0.2) is 4.98 Å². The summed E-state index contributed by atoms with van der Waals surface area (Å²) in [5, 5.41) is 3.07. The number of carbonyl (C=O) groups is 1. The normalized spacial score (nSPS) is 12.7. The number of methoxy groups -OCH3 is 1. The number of rotatable bonds is 9. The number of carbonyl (C=O) groups excluding carboxylic acids is 1. The van der Waals surface area contributed by atoms with Gasteiger partial charge >= 0.3 is 0 Å². The van der Waals surface area contributed by atoms with E-state index >= 15 is 0 Å². The smallest absolute Gasteiger partial charge is 0.244 e. The van der Waals surface area contributed by atoms with Crippen LogP contribution in [-0.2, 0) is 4.79 Å². The largest absolute Gasteiger partial charge is 0.497 e. The average molecular weight is 427 g/mol. The molecule has 1 aromatic carbocycles. The van der Waals surface area contributed by atoms with Crippen molar-refractivity contribution >= 4 is 28.3 Å². The van der Waals surface area contributed by atoms with Crippen molar-refractivity contribution in [3.05, 3.63) is 58.4 Å². The molecule has 0 aliphatic rings. The number of fused-ring (bicyclic) bond motifs is 1. The molecule has 6 nitrogen and oxygen atoms in total. The third-order valence-electron chi connectivity index (χ3n) is 5.26. The molecule has 30 heavy (non-hydrogen) atoms. The molecule has 7 heteroatoms. The molecule has 0 unspecified atom stereocenters. The van der Waals surface area contributed by atoms with Gasteiger partial charge in [-0.3, -0.25) is 14.1 Å². The molecule has 0 saturated carbocycles. The monoisotopic (exact) mass is 426 g/mol. The Morgan fingerprint density at radius 3 is 2.80 bits per heavy atom. The molecule has 0 spiro atoms. The fraction of sp³-hybridized carbons (Fsp3) is 0.391. The highest BCUT2D eigenvalue weighted by molar-refractivity contribution is 7.17. The molecule has 3 aromatic rings. The second-order valence-electron chi connectivity index (χ2n) is 7.17. The van der Waals surface area contributed by atoms with Crippen molar-refractivity contribution in [3.63, 3.8) is 0 Å². The fourth-order valence-corrected chi connectivity index (χ4v) is 4.54. The van der Waals surface area contributed by atoms with Crippen LogP contribution in [0.4, 0.5) is 0 Å². The standard InChI is InChI=1S/C23H30N4O2S/c1-6-26(7-2)21(18-9-8-10-19(13-18)29-5)14-24-22(28)12-11-20-17(4)25-23-27(20)15-16(3)30-23/h8-13,15,21H,6-7,14H2,1-5H3,(H,24,28)/b12-11-/t21-/m0/s1. The van der Waals surface area contributed by atoms with Crippen LogP contribution in [0, 0.1) is 13.8 Å². The number of aromatic nitrogens is 2. The molecule has 3 rings (SSSR count). The van der Waals surface area contributed by atoms with Crippen molar-refractivity contribution < 1.29 is 9.53 Å². The maximum atomic E-state index is 12.6. The van der Waals surface area contributed by atoms with Gasteiger partial charge in [-0.05, 0) is 50.7 Å². The highest BCUT2D eigenvalue weighted by Crippen LogP contribution is 2.24. The molecule has 0 fully saturated rings. The van der Waals surface area contributed by atoms with E-state index in [0.717, 1.165) is 40.8 Å². The first kappa shape index (κ1) is 22.1. The van der Waals surface area contributed by atoms with Gasteiger partial charge in [-0.15, -0.1) is 11.3 Å². The van der Waals surface area contributed by atoms with E-state index in [1.807, 2.05) is 35.6 Å². The maximum absolute atomic E-state index is 12.6. The third-order valence-corrected chi connectivity index (χ3v) is 6.15. The Balaban J connectivity index is 1.73. The van der Waals surface area contributed by atoms with Crippen LogP contribution in [0.1, 0.15) is 41.7 Å². The number of hydrogen-bond donors (Lipinski definition) is 1. The van der Waals surface area contributed by atoms with Gasteiger partial charge in [0.25, 0.3) is 0 Å². The molecule has 1 atom stereocenters. The number of nitrogens with one attached hydrogen (secondary N) is 1. The van der Waals surface area contributed by atoms with Gasteiger partial charge in [0.05, 0.1) is 24.5 Å². The Morgan fingerprint density at radius 1 is 1.33 bits per heavy atom. The van der Waals surface area contributed by atoms with Crippen molar-refractivity contribution in [1.82, 2.24) is 19.6 Å². The van der Waals surface area contributed by atoms with E-state index in [-0.39, 0.29) is 11.9 Å². The van der Waals surface area contributed by atoms with Gasteiger partial charge in [0.15, 0.2) is 4.96 Å². The average Bonchev–Trinajstić information content (AvgIpc) is 3.23. The number of ether oxygens (including phenoxy) is 1. The van der Waals surface area contributed by atoms with Crippen LogP contribution in [0.25, 0.3) is 11.0 Å². The molecule has 0 aliphatic heterocycles. The topological polar surface area (TPSA) is 58.9 Å². The molecule has 1 amide bonds. The number of thiazole rings is 1. The SMILES string of the molecule is CCN(CC)[C@@H](CNC(=O)/C=C\c1c(C)nc2sc(C)cn12)c1cccc(OC)c1. The number of aryl methyl sites for hydroxylation is 2. The zero-order chi connectivity index (χ0) is 21.7. The van der Waals surface area contributed by atoms with E-state index in [9.17, 15) is 4.79 Å². The molecule has 1 N–H and O–H groups in total. The third kappa shape index (κ3) is 4.91. The Labute approximate surface area is 182 Å². The lowest BCUT2D eigenvalue weighted by molar-refractivity contribution is -0.116. The van der Waals surface area contributed by atoms with Crippen LogP contribution >= 0.6 is 11.3 Å². The van der Waals surface area contributed by atoms with E-state index in [1.165, 1.54) is 4.88 Å². The second-order valence-corrected chi connectivity index (χ2v) is 8.38. The van der Waals surface area contributed by atoms with Crippen molar-refractivity contribution in [1.29, 1.82) is 0 Å².